The molecule has 15 heavy (non-hydrogen) atoms. The highest BCUT2D eigenvalue weighted by Gasteiger charge is 2.39. The number of amides is 1. The van der Waals surface area contributed by atoms with Gasteiger partial charge < -0.3 is 4.90 Å². The van der Waals surface area contributed by atoms with Crippen molar-refractivity contribution in [2.24, 2.45) is 5.92 Å². The van der Waals surface area contributed by atoms with Gasteiger partial charge in [-0.05, 0) is 31.6 Å². The monoisotopic (exact) mass is 228 g/mol. The Morgan fingerprint density at radius 2 is 2.13 bits per heavy atom. The second-order valence-corrected chi connectivity index (χ2v) is 4.68. The van der Waals surface area contributed by atoms with Gasteiger partial charge in [-0.25, -0.2) is 0 Å². The van der Waals surface area contributed by atoms with Gasteiger partial charge in [0.05, 0.1) is 6.07 Å². The van der Waals surface area contributed by atoms with Crippen molar-refractivity contribution in [1.82, 2.24) is 4.90 Å². The molecule has 0 aromatic rings. The van der Waals surface area contributed by atoms with Crippen LogP contribution in [0.3, 0.4) is 0 Å². The number of hydrogen-bond donors (Lipinski definition) is 0. The minimum atomic E-state index is -0.613. The summed E-state index contributed by atoms with van der Waals surface area (Å²) in [6.07, 6.45) is 3.55. The first kappa shape index (κ1) is 12.3. The van der Waals surface area contributed by atoms with E-state index in [-0.39, 0.29) is 11.8 Å². The Kier molecular flexibility index (Phi) is 3.98. The van der Waals surface area contributed by atoms with E-state index in [1.807, 2.05) is 0 Å². The van der Waals surface area contributed by atoms with E-state index in [1.54, 1.807) is 7.05 Å². The Morgan fingerprint density at radius 3 is 2.53 bits per heavy atom. The summed E-state index contributed by atoms with van der Waals surface area (Å²) in [5, 5.41) is 9.26. The lowest BCUT2D eigenvalue weighted by atomic mass is 9.77. The van der Waals surface area contributed by atoms with Crippen LogP contribution in [0, 0.1) is 17.2 Å². The molecule has 0 radical (unpaired) electrons. The third-order valence-electron chi connectivity index (χ3n) is 3.44. The van der Waals surface area contributed by atoms with Crippen LogP contribution in [0.25, 0.3) is 0 Å². The lowest BCUT2D eigenvalue weighted by Crippen LogP contribution is -2.51. The van der Waals surface area contributed by atoms with Crippen LogP contribution in [0.1, 0.15) is 32.6 Å². The first-order chi connectivity index (χ1) is 7.05. The minimum Gasteiger partial charge on any atom is -0.326 e. The smallest absolute Gasteiger partial charge is 0.238 e. The molecule has 0 aromatic heterocycles. The summed E-state index contributed by atoms with van der Waals surface area (Å²) < 4.78 is 0. The van der Waals surface area contributed by atoms with Crippen LogP contribution in [-0.4, -0.2) is 29.3 Å². The molecular formula is C11H17ClN2O. The first-order valence-electron chi connectivity index (χ1n) is 5.29. The largest absolute Gasteiger partial charge is 0.326 e. The molecule has 0 spiro atoms. The fourth-order valence-corrected chi connectivity index (χ4v) is 2.27. The highest BCUT2D eigenvalue weighted by molar-refractivity contribution is 6.27. The Balaban J connectivity index is 2.78. The molecule has 3 nitrogen and oxygen atoms in total. The van der Waals surface area contributed by atoms with Crippen LogP contribution in [0.2, 0.25) is 0 Å². The number of carbonyl (C=O) groups excluding carboxylic acids is 1. The third-order valence-corrected chi connectivity index (χ3v) is 3.67. The molecule has 1 rings (SSSR count). The fraction of sp³-hybridized carbons (Fsp3) is 0.818. The van der Waals surface area contributed by atoms with Crippen LogP contribution >= 0.6 is 11.6 Å². The predicted octanol–water partition coefficient (Wildman–Crippen LogP) is 2.16. The maximum atomic E-state index is 11.5. The quantitative estimate of drug-likeness (QED) is 0.680. The van der Waals surface area contributed by atoms with Crippen molar-refractivity contribution in [3.05, 3.63) is 0 Å². The molecule has 0 saturated heterocycles. The summed E-state index contributed by atoms with van der Waals surface area (Å²) in [5.74, 6) is 0.453. The van der Waals surface area contributed by atoms with Crippen molar-refractivity contribution in [2.75, 3.05) is 12.9 Å². The summed E-state index contributed by atoms with van der Waals surface area (Å²) in [6.45, 7) is 2.19. The van der Waals surface area contributed by atoms with Crippen molar-refractivity contribution in [1.29, 1.82) is 5.26 Å². The van der Waals surface area contributed by atoms with Crippen LogP contribution in [0.5, 0.6) is 0 Å². The maximum absolute atomic E-state index is 11.5. The summed E-state index contributed by atoms with van der Waals surface area (Å²) >= 11 is 5.51. The van der Waals surface area contributed by atoms with Gasteiger partial charge >= 0.3 is 0 Å². The fourth-order valence-electron chi connectivity index (χ4n) is 2.09. The van der Waals surface area contributed by atoms with E-state index in [4.69, 9.17) is 11.6 Å². The molecule has 1 saturated carbocycles. The number of hydrogen-bond acceptors (Lipinski definition) is 2. The summed E-state index contributed by atoms with van der Waals surface area (Å²) in [4.78, 5) is 13.0. The Labute approximate surface area is 96.0 Å². The summed E-state index contributed by atoms with van der Waals surface area (Å²) in [5.41, 5.74) is -0.613. The van der Waals surface area contributed by atoms with Gasteiger partial charge in [-0.1, -0.05) is 6.92 Å². The number of halogens is 1. The molecule has 4 heteroatoms. The molecule has 0 bridgehead atoms. The van der Waals surface area contributed by atoms with E-state index in [2.05, 4.69) is 13.0 Å². The van der Waals surface area contributed by atoms with E-state index in [0.717, 1.165) is 25.7 Å². The molecular weight excluding hydrogens is 212 g/mol. The number of nitriles is 1. The minimum absolute atomic E-state index is 0.0461. The van der Waals surface area contributed by atoms with Crippen molar-refractivity contribution in [2.45, 2.75) is 38.1 Å². The molecule has 1 aliphatic carbocycles. The topological polar surface area (TPSA) is 44.1 Å². The number of alkyl halides is 1. The number of rotatable bonds is 2. The maximum Gasteiger partial charge on any atom is 0.238 e. The van der Waals surface area contributed by atoms with Crippen LogP contribution < -0.4 is 0 Å². The zero-order chi connectivity index (χ0) is 11.5. The molecule has 1 aliphatic rings. The zero-order valence-electron chi connectivity index (χ0n) is 9.29. The average molecular weight is 229 g/mol. The molecule has 1 fully saturated rings. The lowest BCUT2D eigenvalue weighted by Gasteiger charge is -2.40. The van der Waals surface area contributed by atoms with E-state index < -0.39 is 5.54 Å². The van der Waals surface area contributed by atoms with Crippen LogP contribution in [0.4, 0.5) is 0 Å². The normalized spacial score (nSPS) is 30.7. The molecule has 84 valence electrons. The second-order valence-electron chi connectivity index (χ2n) is 4.41. The van der Waals surface area contributed by atoms with Crippen LogP contribution in [0.15, 0.2) is 0 Å². The summed E-state index contributed by atoms with van der Waals surface area (Å²) in [6, 6.07) is 2.30. The van der Waals surface area contributed by atoms with Gasteiger partial charge in [0.1, 0.15) is 11.4 Å². The second kappa shape index (κ2) is 4.85. The van der Waals surface area contributed by atoms with E-state index in [9.17, 15) is 10.1 Å². The Bertz CT molecular complexity index is 277. The molecule has 0 atom stereocenters. The predicted molar refractivity (Wildman–Crippen MR) is 59.5 cm³/mol. The van der Waals surface area contributed by atoms with Gasteiger partial charge in [-0.3, -0.25) is 4.79 Å². The van der Waals surface area contributed by atoms with Gasteiger partial charge in [0, 0.05) is 7.05 Å². The lowest BCUT2D eigenvalue weighted by molar-refractivity contribution is -0.132. The van der Waals surface area contributed by atoms with Crippen molar-refractivity contribution < 1.29 is 4.79 Å². The molecule has 0 heterocycles. The van der Waals surface area contributed by atoms with Gasteiger partial charge in [-0.15, -0.1) is 11.6 Å². The standard InChI is InChI=1S/C11H17ClN2O/c1-9-3-5-11(8-13,6-4-9)14(2)10(15)7-12/h9H,3-7H2,1-2H3. The van der Waals surface area contributed by atoms with Gasteiger partial charge in [0.15, 0.2) is 0 Å². The van der Waals surface area contributed by atoms with Gasteiger partial charge in [0.2, 0.25) is 5.91 Å². The molecule has 0 aromatic carbocycles. The molecule has 1 amide bonds. The summed E-state index contributed by atoms with van der Waals surface area (Å²) in [7, 11) is 1.68. The highest BCUT2D eigenvalue weighted by atomic mass is 35.5. The van der Waals surface area contributed by atoms with Gasteiger partial charge in [0.25, 0.3) is 0 Å². The van der Waals surface area contributed by atoms with E-state index in [1.165, 1.54) is 4.90 Å². The van der Waals surface area contributed by atoms with Crippen molar-refractivity contribution in [3.63, 3.8) is 0 Å². The highest BCUT2D eigenvalue weighted by Crippen LogP contribution is 2.35. The number of nitrogens with zero attached hydrogens (tertiary/aromatic N) is 2. The SMILES string of the molecule is CC1CCC(C#N)(N(C)C(=O)CCl)CC1. The van der Waals surface area contributed by atoms with Gasteiger partial charge in [-0.2, -0.15) is 5.26 Å². The third kappa shape index (κ3) is 2.43. The van der Waals surface area contributed by atoms with E-state index in [0.29, 0.717) is 5.92 Å². The first-order valence-corrected chi connectivity index (χ1v) is 5.83. The number of carbonyl (C=O) groups is 1. The van der Waals surface area contributed by atoms with Crippen LogP contribution in [-0.2, 0) is 4.79 Å². The van der Waals surface area contributed by atoms with Crippen molar-refractivity contribution in [3.8, 4) is 6.07 Å². The Hall–Kier alpha value is -0.750. The molecule has 0 N–H and O–H groups in total. The zero-order valence-corrected chi connectivity index (χ0v) is 10.0. The molecule has 0 unspecified atom stereocenters. The Morgan fingerprint density at radius 1 is 1.60 bits per heavy atom. The van der Waals surface area contributed by atoms with E-state index >= 15 is 0 Å². The average Bonchev–Trinajstić information content (AvgIpc) is 2.28. The molecule has 0 aliphatic heterocycles. The van der Waals surface area contributed by atoms with Crippen molar-refractivity contribution >= 4 is 17.5 Å².